The average molecular weight is 250 g/mol. The van der Waals surface area contributed by atoms with Gasteiger partial charge in [0, 0.05) is 6.20 Å². The van der Waals surface area contributed by atoms with E-state index >= 15 is 0 Å². The second-order valence-electron chi connectivity index (χ2n) is 4.28. The lowest BCUT2D eigenvalue weighted by atomic mass is 10.0. The lowest BCUT2D eigenvalue weighted by Gasteiger charge is -2.19. The maximum Gasteiger partial charge on any atom is 0.240 e. The van der Waals surface area contributed by atoms with Gasteiger partial charge in [-0.25, -0.2) is 0 Å². The van der Waals surface area contributed by atoms with Crippen molar-refractivity contribution in [1.82, 2.24) is 14.5 Å². The summed E-state index contributed by atoms with van der Waals surface area (Å²) in [5.74, 6) is -0.305. The van der Waals surface area contributed by atoms with Crippen LogP contribution in [0.2, 0.25) is 0 Å². The van der Waals surface area contributed by atoms with Crippen LogP contribution in [0.5, 0.6) is 0 Å². The standard InChI is InChI=1S/C11H14N4OS/c1-6(2)9(10(12)16)15-8-3-4-13-5-7(8)14-11(15)17/h3-6,9H,1-2H3,(H2,12,16)(H,14,17). The van der Waals surface area contributed by atoms with Gasteiger partial charge in [-0.05, 0) is 24.2 Å². The number of carbonyl (C=O) groups is 1. The van der Waals surface area contributed by atoms with E-state index in [1.54, 1.807) is 17.0 Å². The van der Waals surface area contributed by atoms with Crippen LogP contribution in [0.1, 0.15) is 19.9 Å². The van der Waals surface area contributed by atoms with Crippen molar-refractivity contribution in [3.63, 3.8) is 0 Å². The van der Waals surface area contributed by atoms with Gasteiger partial charge in [0.05, 0.1) is 17.2 Å². The molecule has 0 fully saturated rings. The fourth-order valence-electron chi connectivity index (χ4n) is 2.01. The Balaban J connectivity index is 2.72. The quantitative estimate of drug-likeness (QED) is 0.815. The van der Waals surface area contributed by atoms with Gasteiger partial charge in [-0.1, -0.05) is 13.8 Å². The normalized spacial score (nSPS) is 13.1. The first-order valence-electron chi connectivity index (χ1n) is 5.36. The van der Waals surface area contributed by atoms with Gasteiger partial charge in [0.1, 0.15) is 6.04 Å². The van der Waals surface area contributed by atoms with Crippen molar-refractivity contribution in [2.45, 2.75) is 19.9 Å². The molecule has 17 heavy (non-hydrogen) atoms. The Hall–Kier alpha value is -1.69. The van der Waals surface area contributed by atoms with Crippen LogP contribution in [0.3, 0.4) is 0 Å². The van der Waals surface area contributed by atoms with Crippen molar-refractivity contribution < 1.29 is 4.79 Å². The molecular formula is C11H14N4OS. The summed E-state index contributed by atoms with van der Waals surface area (Å²) in [6.07, 6.45) is 3.35. The predicted molar refractivity (Wildman–Crippen MR) is 68.0 cm³/mol. The van der Waals surface area contributed by atoms with Crippen LogP contribution >= 0.6 is 12.2 Å². The Labute approximate surface area is 104 Å². The highest BCUT2D eigenvalue weighted by molar-refractivity contribution is 7.71. The summed E-state index contributed by atoms with van der Waals surface area (Å²) in [5, 5.41) is 0. The third kappa shape index (κ3) is 1.95. The Bertz CT molecular complexity index is 613. The highest BCUT2D eigenvalue weighted by atomic mass is 32.1. The molecule has 3 N–H and O–H groups in total. The van der Waals surface area contributed by atoms with Gasteiger partial charge in [0.15, 0.2) is 4.77 Å². The van der Waals surface area contributed by atoms with Crippen LogP contribution in [0.15, 0.2) is 18.5 Å². The molecule has 90 valence electrons. The molecule has 0 bridgehead atoms. The molecule has 2 aromatic heterocycles. The first-order valence-corrected chi connectivity index (χ1v) is 5.76. The first-order chi connectivity index (χ1) is 8.02. The van der Waals surface area contributed by atoms with Crippen molar-refractivity contribution in [3.8, 4) is 0 Å². The largest absolute Gasteiger partial charge is 0.368 e. The predicted octanol–water partition coefficient (Wildman–Crippen LogP) is 1.78. The van der Waals surface area contributed by atoms with Gasteiger partial charge in [-0.2, -0.15) is 0 Å². The average Bonchev–Trinajstić information content (AvgIpc) is 2.55. The SMILES string of the molecule is CC(C)C(C(N)=O)n1c(=S)[nH]c2cnccc21. The maximum atomic E-state index is 11.6. The highest BCUT2D eigenvalue weighted by Crippen LogP contribution is 2.23. The van der Waals surface area contributed by atoms with E-state index in [-0.39, 0.29) is 11.8 Å². The van der Waals surface area contributed by atoms with E-state index < -0.39 is 6.04 Å². The molecule has 2 rings (SSSR count). The fraction of sp³-hybridized carbons (Fsp3) is 0.364. The zero-order valence-corrected chi connectivity index (χ0v) is 10.5. The van der Waals surface area contributed by atoms with Crippen LogP contribution in [0.25, 0.3) is 11.0 Å². The van der Waals surface area contributed by atoms with E-state index in [1.807, 2.05) is 19.9 Å². The minimum absolute atomic E-state index is 0.0753. The summed E-state index contributed by atoms with van der Waals surface area (Å²) < 4.78 is 2.25. The third-order valence-corrected chi connectivity index (χ3v) is 3.02. The Kier molecular flexibility index (Phi) is 2.97. The van der Waals surface area contributed by atoms with Crippen molar-refractivity contribution in [2.24, 2.45) is 11.7 Å². The molecule has 6 heteroatoms. The molecule has 0 aliphatic rings. The smallest absolute Gasteiger partial charge is 0.240 e. The number of rotatable bonds is 3. The number of pyridine rings is 1. The number of aromatic nitrogens is 3. The summed E-state index contributed by atoms with van der Waals surface area (Å²) in [7, 11) is 0. The van der Waals surface area contributed by atoms with Crippen LogP contribution in [0, 0.1) is 10.7 Å². The molecule has 0 saturated heterocycles. The molecule has 5 nitrogen and oxygen atoms in total. The Morgan fingerprint density at radius 2 is 2.29 bits per heavy atom. The number of hydrogen-bond acceptors (Lipinski definition) is 3. The molecule has 1 atom stereocenters. The minimum atomic E-state index is -0.446. The summed E-state index contributed by atoms with van der Waals surface area (Å²) in [6, 6.07) is 1.37. The van der Waals surface area contributed by atoms with Gasteiger partial charge in [0.2, 0.25) is 5.91 Å². The lowest BCUT2D eigenvalue weighted by molar-refractivity contribution is -0.122. The third-order valence-electron chi connectivity index (χ3n) is 2.72. The molecule has 1 unspecified atom stereocenters. The zero-order chi connectivity index (χ0) is 12.6. The Morgan fingerprint density at radius 3 is 2.88 bits per heavy atom. The van der Waals surface area contributed by atoms with E-state index in [4.69, 9.17) is 18.0 Å². The van der Waals surface area contributed by atoms with Gasteiger partial charge >= 0.3 is 0 Å². The maximum absolute atomic E-state index is 11.6. The van der Waals surface area contributed by atoms with E-state index in [2.05, 4.69) is 9.97 Å². The molecule has 0 aliphatic carbocycles. The van der Waals surface area contributed by atoms with Crippen molar-refractivity contribution >= 4 is 29.2 Å². The van der Waals surface area contributed by atoms with Gasteiger partial charge in [-0.15, -0.1) is 0 Å². The van der Waals surface area contributed by atoms with Crippen LogP contribution in [-0.4, -0.2) is 20.4 Å². The van der Waals surface area contributed by atoms with Crippen LogP contribution < -0.4 is 5.73 Å². The number of imidazole rings is 1. The van der Waals surface area contributed by atoms with E-state index in [0.717, 1.165) is 11.0 Å². The molecule has 1 amide bonds. The number of nitrogens with one attached hydrogen (secondary N) is 1. The molecule has 0 aromatic carbocycles. The zero-order valence-electron chi connectivity index (χ0n) is 9.68. The number of hydrogen-bond donors (Lipinski definition) is 2. The van der Waals surface area contributed by atoms with Crippen molar-refractivity contribution in [2.75, 3.05) is 0 Å². The molecule has 0 saturated carbocycles. The van der Waals surface area contributed by atoms with Crippen molar-refractivity contribution in [3.05, 3.63) is 23.2 Å². The molecule has 0 radical (unpaired) electrons. The second kappa shape index (κ2) is 4.29. The number of nitrogens with two attached hydrogens (primary N) is 1. The fourth-order valence-corrected chi connectivity index (χ4v) is 2.33. The highest BCUT2D eigenvalue weighted by Gasteiger charge is 2.24. The van der Waals surface area contributed by atoms with Crippen LogP contribution in [0.4, 0.5) is 0 Å². The van der Waals surface area contributed by atoms with Gasteiger partial charge in [0.25, 0.3) is 0 Å². The van der Waals surface area contributed by atoms with Crippen LogP contribution in [-0.2, 0) is 4.79 Å². The summed E-state index contributed by atoms with van der Waals surface area (Å²) in [6.45, 7) is 3.88. The molecule has 2 aromatic rings. The number of nitrogens with zero attached hydrogens (tertiary/aromatic N) is 2. The first kappa shape index (κ1) is 11.8. The second-order valence-corrected chi connectivity index (χ2v) is 4.67. The molecular weight excluding hydrogens is 236 g/mol. The number of H-pyrrole nitrogens is 1. The van der Waals surface area contributed by atoms with Gasteiger partial charge < -0.3 is 15.3 Å². The van der Waals surface area contributed by atoms with E-state index in [1.165, 1.54) is 0 Å². The molecule has 0 aliphatic heterocycles. The summed E-state index contributed by atoms with van der Waals surface area (Å²) in [4.78, 5) is 18.6. The lowest BCUT2D eigenvalue weighted by Crippen LogP contribution is -2.30. The molecule has 2 heterocycles. The number of primary amides is 1. The Morgan fingerprint density at radius 1 is 1.59 bits per heavy atom. The number of amides is 1. The minimum Gasteiger partial charge on any atom is -0.368 e. The van der Waals surface area contributed by atoms with Gasteiger partial charge in [-0.3, -0.25) is 9.78 Å². The summed E-state index contributed by atoms with van der Waals surface area (Å²) in [5.41, 5.74) is 7.11. The monoisotopic (exact) mass is 250 g/mol. The number of fused-ring (bicyclic) bond motifs is 1. The number of aromatic amines is 1. The topological polar surface area (TPSA) is 76.7 Å². The van der Waals surface area contributed by atoms with E-state index in [0.29, 0.717) is 4.77 Å². The summed E-state index contributed by atoms with van der Waals surface area (Å²) >= 11 is 5.24. The number of carbonyl (C=O) groups excluding carboxylic acids is 1. The molecule has 0 spiro atoms. The van der Waals surface area contributed by atoms with Crippen molar-refractivity contribution in [1.29, 1.82) is 0 Å². The van der Waals surface area contributed by atoms with E-state index in [9.17, 15) is 4.79 Å².